The lowest BCUT2D eigenvalue weighted by molar-refractivity contribution is 0.179. The monoisotopic (exact) mass is 474 g/mol. The number of aromatic nitrogens is 4. The highest BCUT2D eigenvalue weighted by Gasteiger charge is 2.41. The molecule has 1 aliphatic rings. The van der Waals surface area contributed by atoms with Gasteiger partial charge in [-0.2, -0.15) is 15.5 Å². The highest BCUT2D eigenvalue weighted by Crippen LogP contribution is 2.34. The molecule has 1 saturated carbocycles. The van der Waals surface area contributed by atoms with E-state index in [-0.39, 0.29) is 41.8 Å². The van der Waals surface area contributed by atoms with Crippen molar-refractivity contribution in [2.45, 2.75) is 25.2 Å². The maximum absolute atomic E-state index is 13.5. The van der Waals surface area contributed by atoms with Crippen molar-refractivity contribution in [1.82, 2.24) is 20.0 Å². The number of nitriles is 1. The highest BCUT2D eigenvalue weighted by atomic mass is 19.1. The molecule has 4 rings (SSSR count). The minimum atomic E-state index is -1.17. The van der Waals surface area contributed by atoms with Gasteiger partial charge >= 0.3 is 0 Å². The number of terminal acetylenes is 1. The first kappa shape index (κ1) is 23.6. The van der Waals surface area contributed by atoms with Crippen molar-refractivity contribution in [2.24, 2.45) is 12.8 Å². The molecule has 0 amide bonds. The van der Waals surface area contributed by atoms with Crippen LogP contribution in [0.1, 0.15) is 17.8 Å². The summed E-state index contributed by atoms with van der Waals surface area (Å²) in [7, 11) is 1.68. The first-order valence-corrected chi connectivity index (χ1v) is 10.6. The van der Waals surface area contributed by atoms with E-state index in [2.05, 4.69) is 21.2 Å². The number of aryl methyl sites for hydroxylation is 1. The van der Waals surface area contributed by atoms with Crippen molar-refractivity contribution in [3.8, 4) is 29.5 Å². The average molecular weight is 474 g/mol. The van der Waals surface area contributed by atoms with Gasteiger partial charge in [0.25, 0.3) is 5.56 Å². The molecule has 3 N–H and O–H groups in total. The van der Waals surface area contributed by atoms with Crippen LogP contribution in [0, 0.1) is 23.7 Å². The van der Waals surface area contributed by atoms with Gasteiger partial charge < -0.3 is 10.5 Å². The SMILES string of the molecule is C#CC(=C\F)/C=C(O[C@H]1C[C@H]1F)\C(C#N)=C\c1c(-c2ccc3c(=O)[nH]nc(CN)c3c2)cnn1C. The third kappa shape index (κ3) is 4.74. The quantitative estimate of drug-likeness (QED) is 0.235. The standard InChI is InChI=1S/C25H20F2N6O2/c1-3-14(10-26)6-23(35-24-9-20(24)27)16(11-28)8-22-19(13-30-33(22)2)15-4-5-17-18(7-15)21(12-29)31-32-25(17)34/h1,4-8,10,13,20,24H,9,12,29H2,2H3,(H,32,34)/b14-10+,16-8+,23-6+/t20-,24+/m1/s1. The summed E-state index contributed by atoms with van der Waals surface area (Å²) in [5.74, 6) is 2.09. The van der Waals surface area contributed by atoms with E-state index < -0.39 is 12.3 Å². The maximum atomic E-state index is 13.5. The molecule has 2 heterocycles. The normalized spacial score (nSPS) is 18.3. The summed E-state index contributed by atoms with van der Waals surface area (Å²) in [4.78, 5) is 12.2. The van der Waals surface area contributed by atoms with Crippen molar-refractivity contribution in [3.05, 3.63) is 75.4 Å². The van der Waals surface area contributed by atoms with E-state index in [0.29, 0.717) is 33.3 Å². The Hall–Kier alpha value is -4.54. The van der Waals surface area contributed by atoms with Crippen molar-refractivity contribution in [2.75, 3.05) is 0 Å². The van der Waals surface area contributed by atoms with Gasteiger partial charge in [-0.3, -0.25) is 9.48 Å². The van der Waals surface area contributed by atoms with E-state index in [1.165, 1.54) is 16.8 Å². The van der Waals surface area contributed by atoms with Crippen molar-refractivity contribution < 1.29 is 13.5 Å². The number of hydrogen-bond acceptors (Lipinski definition) is 6. The second kappa shape index (κ2) is 9.75. The number of nitrogens with two attached hydrogens (primary N) is 1. The van der Waals surface area contributed by atoms with Crippen LogP contribution in [-0.4, -0.2) is 32.3 Å². The predicted octanol–water partition coefficient (Wildman–Crippen LogP) is 3.19. The number of aromatic amines is 1. The molecule has 0 aliphatic heterocycles. The molecule has 1 fully saturated rings. The number of halogens is 2. The molecule has 0 spiro atoms. The number of hydrogen-bond donors (Lipinski definition) is 2. The molecule has 1 aromatic carbocycles. The Labute approximate surface area is 199 Å². The third-order valence-electron chi connectivity index (χ3n) is 5.53. The number of nitrogens with zero attached hydrogens (tertiary/aromatic N) is 4. The van der Waals surface area contributed by atoms with Crippen LogP contribution in [0.2, 0.25) is 0 Å². The minimum Gasteiger partial charge on any atom is -0.486 e. The molecule has 2 aromatic heterocycles. The fourth-order valence-electron chi connectivity index (χ4n) is 3.53. The lowest BCUT2D eigenvalue weighted by Gasteiger charge is -2.10. The zero-order valence-electron chi connectivity index (χ0n) is 18.6. The first-order valence-electron chi connectivity index (χ1n) is 10.6. The zero-order valence-corrected chi connectivity index (χ0v) is 18.6. The molecule has 0 radical (unpaired) electrons. The average Bonchev–Trinajstić information content (AvgIpc) is 3.44. The molecule has 1 aliphatic carbocycles. The van der Waals surface area contributed by atoms with Gasteiger partial charge in [0.2, 0.25) is 0 Å². The number of nitrogens with one attached hydrogen (secondary N) is 1. The molecule has 0 unspecified atom stereocenters. The molecule has 176 valence electrons. The van der Waals surface area contributed by atoms with E-state index in [4.69, 9.17) is 16.9 Å². The van der Waals surface area contributed by atoms with Crippen LogP contribution in [0.3, 0.4) is 0 Å². The number of H-pyrrole nitrogens is 1. The van der Waals surface area contributed by atoms with Crippen LogP contribution in [-0.2, 0) is 18.3 Å². The lowest BCUT2D eigenvalue weighted by atomic mass is 10.0. The number of rotatable bonds is 7. The molecule has 0 bridgehead atoms. The zero-order chi connectivity index (χ0) is 25.1. The van der Waals surface area contributed by atoms with Crippen LogP contribution in [0.15, 0.2) is 58.5 Å². The maximum Gasteiger partial charge on any atom is 0.272 e. The van der Waals surface area contributed by atoms with Crippen molar-refractivity contribution in [1.29, 1.82) is 5.26 Å². The van der Waals surface area contributed by atoms with Gasteiger partial charge in [-0.15, -0.1) is 6.42 Å². The molecular weight excluding hydrogens is 454 g/mol. The van der Waals surface area contributed by atoms with Gasteiger partial charge in [-0.1, -0.05) is 12.0 Å². The number of allylic oxidation sites excluding steroid dienone is 3. The largest absolute Gasteiger partial charge is 0.486 e. The molecule has 10 heteroatoms. The summed E-state index contributed by atoms with van der Waals surface area (Å²) in [6.45, 7) is 0.122. The van der Waals surface area contributed by atoms with Gasteiger partial charge in [-0.05, 0) is 29.8 Å². The Morgan fingerprint density at radius 2 is 2.23 bits per heavy atom. The van der Waals surface area contributed by atoms with Gasteiger partial charge in [-0.25, -0.2) is 13.9 Å². The van der Waals surface area contributed by atoms with Crippen LogP contribution >= 0.6 is 0 Å². The summed E-state index contributed by atoms with van der Waals surface area (Å²) in [5, 5.41) is 21.6. The Morgan fingerprint density at radius 1 is 1.46 bits per heavy atom. The van der Waals surface area contributed by atoms with Crippen LogP contribution < -0.4 is 11.3 Å². The van der Waals surface area contributed by atoms with E-state index >= 15 is 0 Å². The van der Waals surface area contributed by atoms with Crippen LogP contribution in [0.25, 0.3) is 28.0 Å². The molecule has 35 heavy (non-hydrogen) atoms. The molecule has 2 atom stereocenters. The van der Waals surface area contributed by atoms with Crippen LogP contribution in [0.5, 0.6) is 0 Å². The molecule has 8 nitrogen and oxygen atoms in total. The lowest BCUT2D eigenvalue weighted by Crippen LogP contribution is -2.13. The minimum absolute atomic E-state index is 0.00472. The van der Waals surface area contributed by atoms with Crippen LogP contribution in [0.4, 0.5) is 8.78 Å². The number of ether oxygens (including phenoxy) is 1. The fourth-order valence-corrected chi connectivity index (χ4v) is 3.53. The predicted molar refractivity (Wildman–Crippen MR) is 127 cm³/mol. The Morgan fingerprint density at radius 3 is 2.86 bits per heavy atom. The fraction of sp³-hybridized carbons (Fsp3) is 0.200. The highest BCUT2D eigenvalue weighted by molar-refractivity contribution is 5.89. The van der Waals surface area contributed by atoms with Gasteiger partial charge in [0, 0.05) is 31.0 Å². The number of alkyl halides is 1. The molecular formula is C25H20F2N6O2. The number of fused-ring (bicyclic) bond motifs is 1. The van der Waals surface area contributed by atoms with Gasteiger partial charge in [0.05, 0.1) is 34.1 Å². The van der Waals surface area contributed by atoms with Gasteiger partial charge in [0.1, 0.15) is 30.4 Å². The Kier molecular flexibility index (Phi) is 6.58. The van der Waals surface area contributed by atoms with E-state index in [9.17, 15) is 18.8 Å². The summed E-state index contributed by atoms with van der Waals surface area (Å²) < 4.78 is 33.8. The van der Waals surface area contributed by atoms with E-state index in [1.807, 2.05) is 6.07 Å². The smallest absolute Gasteiger partial charge is 0.272 e. The number of benzene rings is 1. The van der Waals surface area contributed by atoms with E-state index in [1.54, 1.807) is 31.4 Å². The summed E-state index contributed by atoms with van der Waals surface area (Å²) >= 11 is 0. The second-order valence-electron chi connectivity index (χ2n) is 7.83. The second-order valence-corrected chi connectivity index (χ2v) is 7.83. The van der Waals surface area contributed by atoms with Crippen molar-refractivity contribution >= 4 is 16.8 Å². The first-order chi connectivity index (χ1) is 16.9. The summed E-state index contributed by atoms with van der Waals surface area (Å²) in [6.07, 6.45) is 8.05. The Balaban J connectivity index is 1.84. The van der Waals surface area contributed by atoms with Gasteiger partial charge in [0.15, 0.2) is 0 Å². The Bertz CT molecular complexity index is 1530. The molecule has 0 saturated heterocycles. The third-order valence-corrected chi connectivity index (χ3v) is 5.53. The molecule has 3 aromatic rings. The summed E-state index contributed by atoms with van der Waals surface area (Å²) in [6, 6.07) is 7.19. The van der Waals surface area contributed by atoms with E-state index in [0.717, 1.165) is 0 Å². The summed E-state index contributed by atoms with van der Waals surface area (Å²) in [5.41, 5.74) is 7.65. The topological polar surface area (TPSA) is 123 Å². The van der Waals surface area contributed by atoms with Crippen molar-refractivity contribution in [3.63, 3.8) is 0 Å².